The highest BCUT2D eigenvalue weighted by Crippen LogP contribution is 2.41. The van der Waals surface area contributed by atoms with Gasteiger partial charge < -0.3 is 0 Å². The third kappa shape index (κ3) is 5.53. The van der Waals surface area contributed by atoms with E-state index in [1.54, 1.807) is 0 Å². The van der Waals surface area contributed by atoms with Crippen LogP contribution < -0.4 is 0 Å². The molecule has 10 rings (SSSR count). The van der Waals surface area contributed by atoms with Crippen molar-refractivity contribution < 1.29 is 0 Å². The Hall–Kier alpha value is -6.90. The third-order valence-corrected chi connectivity index (χ3v) is 10.5. The van der Waals surface area contributed by atoms with Gasteiger partial charge in [0.05, 0.1) is 11.4 Å². The maximum Gasteiger partial charge on any atom is 0.160 e. The van der Waals surface area contributed by atoms with Gasteiger partial charge in [0, 0.05) is 16.7 Å². The van der Waals surface area contributed by atoms with Crippen molar-refractivity contribution in [2.45, 2.75) is 6.42 Å². The van der Waals surface area contributed by atoms with Gasteiger partial charge in [-0.15, -0.1) is 0 Å². The van der Waals surface area contributed by atoms with E-state index in [4.69, 9.17) is 9.97 Å². The van der Waals surface area contributed by atoms with Gasteiger partial charge in [-0.1, -0.05) is 182 Å². The number of aromatic nitrogens is 2. The van der Waals surface area contributed by atoms with E-state index in [-0.39, 0.29) is 0 Å². The Labute approximate surface area is 309 Å². The van der Waals surface area contributed by atoms with E-state index >= 15 is 0 Å². The molecule has 0 atom stereocenters. The SMILES string of the molecule is C1=Cc2cccc(-c3cc(-c4ccc(-c5ccc6c(ccc7ccccc76)c5)c5ccccc45)nc(-c4ccccc4)n3)c2C(c2ccccc2)=CC1. The molecule has 0 spiro atoms. The van der Waals surface area contributed by atoms with Gasteiger partial charge in [0.1, 0.15) is 0 Å². The van der Waals surface area contributed by atoms with Crippen molar-refractivity contribution in [2.24, 2.45) is 0 Å². The Morgan fingerprint density at radius 2 is 1.04 bits per heavy atom. The predicted octanol–water partition coefficient (Wildman–Crippen LogP) is 13.5. The lowest BCUT2D eigenvalue weighted by molar-refractivity contribution is 1.18. The molecule has 248 valence electrons. The summed E-state index contributed by atoms with van der Waals surface area (Å²) in [4.78, 5) is 10.6. The zero-order chi connectivity index (χ0) is 35.1. The smallest absolute Gasteiger partial charge is 0.160 e. The van der Waals surface area contributed by atoms with Crippen molar-refractivity contribution in [1.29, 1.82) is 0 Å². The van der Waals surface area contributed by atoms with Crippen LogP contribution in [0.5, 0.6) is 0 Å². The Balaban J connectivity index is 1.17. The first-order valence-corrected chi connectivity index (χ1v) is 18.2. The highest BCUT2D eigenvalue weighted by atomic mass is 14.9. The van der Waals surface area contributed by atoms with E-state index in [0.29, 0.717) is 5.82 Å². The van der Waals surface area contributed by atoms with Crippen LogP contribution in [0, 0.1) is 0 Å². The first-order chi connectivity index (χ1) is 26.3. The molecule has 2 heteroatoms. The molecule has 53 heavy (non-hydrogen) atoms. The second-order valence-electron chi connectivity index (χ2n) is 13.6. The molecule has 1 aliphatic carbocycles. The first-order valence-electron chi connectivity index (χ1n) is 18.2. The van der Waals surface area contributed by atoms with Crippen LogP contribution in [-0.2, 0) is 0 Å². The molecule has 0 amide bonds. The lowest BCUT2D eigenvalue weighted by Crippen LogP contribution is -2.00. The number of hydrogen-bond acceptors (Lipinski definition) is 2. The van der Waals surface area contributed by atoms with E-state index in [0.717, 1.165) is 39.9 Å². The van der Waals surface area contributed by atoms with Crippen LogP contribution in [0.2, 0.25) is 0 Å². The lowest BCUT2D eigenvalue weighted by atomic mass is 9.88. The van der Waals surface area contributed by atoms with E-state index in [1.165, 1.54) is 60.3 Å². The molecule has 0 saturated heterocycles. The Morgan fingerprint density at radius 1 is 0.396 bits per heavy atom. The van der Waals surface area contributed by atoms with Gasteiger partial charge in [0.2, 0.25) is 0 Å². The zero-order valence-corrected chi connectivity index (χ0v) is 29.1. The molecule has 2 nitrogen and oxygen atoms in total. The molecule has 0 fully saturated rings. The number of allylic oxidation sites excluding steroid dienone is 2. The van der Waals surface area contributed by atoms with Crippen molar-refractivity contribution in [3.05, 3.63) is 205 Å². The summed E-state index contributed by atoms with van der Waals surface area (Å²) in [6, 6.07) is 62.9. The van der Waals surface area contributed by atoms with Gasteiger partial charge in [0.15, 0.2) is 5.82 Å². The van der Waals surface area contributed by atoms with E-state index in [1.807, 2.05) is 6.07 Å². The highest BCUT2D eigenvalue weighted by Gasteiger charge is 2.20. The van der Waals surface area contributed by atoms with Gasteiger partial charge in [-0.05, 0) is 84.3 Å². The summed E-state index contributed by atoms with van der Waals surface area (Å²) in [5.41, 5.74) is 12.2. The van der Waals surface area contributed by atoms with Crippen molar-refractivity contribution in [1.82, 2.24) is 9.97 Å². The minimum absolute atomic E-state index is 0.708. The van der Waals surface area contributed by atoms with Crippen LogP contribution in [0.3, 0.4) is 0 Å². The van der Waals surface area contributed by atoms with Crippen LogP contribution in [0.25, 0.3) is 89.0 Å². The fourth-order valence-electron chi connectivity index (χ4n) is 7.98. The number of fused-ring (bicyclic) bond motifs is 5. The average Bonchev–Trinajstić information content (AvgIpc) is 3.46. The second kappa shape index (κ2) is 13.0. The van der Waals surface area contributed by atoms with Gasteiger partial charge in [-0.3, -0.25) is 0 Å². The molecule has 1 aromatic heterocycles. The van der Waals surface area contributed by atoms with Crippen LogP contribution in [0.15, 0.2) is 188 Å². The summed E-state index contributed by atoms with van der Waals surface area (Å²) >= 11 is 0. The molecule has 1 aliphatic rings. The van der Waals surface area contributed by atoms with Gasteiger partial charge >= 0.3 is 0 Å². The van der Waals surface area contributed by atoms with E-state index < -0.39 is 0 Å². The standard InChI is InChI=1S/C51H34N2/c1-3-14-34(15-4-1)43-22-10-8-17-36-20-13-25-47(50(36)43)49-33-48(52-51(53-49)37-18-5-2-6-19-37)46-31-30-42(44-23-11-12-24-45(44)46)39-28-29-41-38(32-39)27-26-35-16-7-9-21-40(35)41/h1-9,11-33H,10H2. The predicted molar refractivity (Wildman–Crippen MR) is 223 cm³/mol. The number of nitrogens with zero attached hydrogens (tertiary/aromatic N) is 2. The van der Waals surface area contributed by atoms with E-state index in [9.17, 15) is 0 Å². The Bertz CT molecular complexity index is 2900. The quantitative estimate of drug-likeness (QED) is 0.170. The third-order valence-electron chi connectivity index (χ3n) is 10.5. The van der Waals surface area contributed by atoms with Gasteiger partial charge in [-0.25, -0.2) is 9.97 Å². The van der Waals surface area contributed by atoms with Crippen molar-refractivity contribution in [3.8, 4) is 45.0 Å². The van der Waals surface area contributed by atoms with Crippen LogP contribution in [0.4, 0.5) is 0 Å². The summed E-state index contributed by atoms with van der Waals surface area (Å²) in [6.45, 7) is 0. The highest BCUT2D eigenvalue weighted by molar-refractivity contribution is 6.10. The zero-order valence-electron chi connectivity index (χ0n) is 29.1. The second-order valence-corrected chi connectivity index (χ2v) is 13.6. The summed E-state index contributed by atoms with van der Waals surface area (Å²) in [5.74, 6) is 0.708. The minimum Gasteiger partial charge on any atom is -0.228 e. The molecule has 9 aromatic rings. The summed E-state index contributed by atoms with van der Waals surface area (Å²) in [7, 11) is 0. The minimum atomic E-state index is 0.708. The summed E-state index contributed by atoms with van der Waals surface area (Å²) in [5, 5.41) is 7.41. The fourth-order valence-corrected chi connectivity index (χ4v) is 7.98. The molecule has 0 unspecified atom stereocenters. The molecule has 0 aliphatic heterocycles. The maximum atomic E-state index is 5.30. The van der Waals surface area contributed by atoms with Crippen molar-refractivity contribution in [3.63, 3.8) is 0 Å². The molecule has 0 bridgehead atoms. The maximum absolute atomic E-state index is 5.30. The molecule has 0 saturated carbocycles. The Kier molecular flexibility index (Phi) is 7.58. The molecule has 8 aromatic carbocycles. The summed E-state index contributed by atoms with van der Waals surface area (Å²) < 4.78 is 0. The number of rotatable bonds is 5. The monoisotopic (exact) mass is 674 g/mol. The topological polar surface area (TPSA) is 25.8 Å². The normalized spacial score (nSPS) is 12.5. The molecule has 0 N–H and O–H groups in total. The number of benzene rings is 8. The first kappa shape index (κ1) is 30.9. The average molecular weight is 675 g/mol. The molecule has 0 radical (unpaired) electrons. The fraction of sp³-hybridized carbons (Fsp3) is 0.0196. The van der Waals surface area contributed by atoms with Crippen LogP contribution in [-0.4, -0.2) is 9.97 Å². The molecular formula is C51H34N2. The van der Waals surface area contributed by atoms with Crippen LogP contribution in [0.1, 0.15) is 23.1 Å². The van der Waals surface area contributed by atoms with Gasteiger partial charge in [-0.2, -0.15) is 0 Å². The van der Waals surface area contributed by atoms with Crippen molar-refractivity contribution in [2.75, 3.05) is 0 Å². The van der Waals surface area contributed by atoms with Gasteiger partial charge in [0.25, 0.3) is 0 Å². The Morgan fingerprint density at radius 3 is 1.85 bits per heavy atom. The number of hydrogen-bond donors (Lipinski definition) is 0. The summed E-state index contributed by atoms with van der Waals surface area (Å²) in [6.07, 6.45) is 7.69. The lowest BCUT2D eigenvalue weighted by Gasteiger charge is -2.18. The van der Waals surface area contributed by atoms with E-state index in [2.05, 4.69) is 188 Å². The molecule has 1 heterocycles. The molecular weight excluding hydrogens is 641 g/mol. The van der Waals surface area contributed by atoms with Crippen molar-refractivity contribution >= 4 is 44.0 Å². The largest absolute Gasteiger partial charge is 0.228 e. The van der Waals surface area contributed by atoms with Crippen LogP contribution >= 0.6 is 0 Å².